The van der Waals surface area contributed by atoms with Crippen LogP contribution in [0.15, 0.2) is 60.9 Å². The molecule has 0 aliphatic heterocycles. The lowest BCUT2D eigenvalue weighted by molar-refractivity contribution is 0.101. The van der Waals surface area contributed by atoms with Crippen molar-refractivity contribution in [1.82, 2.24) is 9.97 Å². The molecule has 1 atom stereocenters. The summed E-state index contributed by atoms with van der Waals surface area (Å²) in [5.41, 5.74) is 6.70. The highest BCUT2D eigenvalue weighted by Gasteiger charge is 2.18. The summed E-state index contributed by atoms with van der Waals surface area (Å²) in [5.74, 6) is 0.772. The zero-order valence-electron chi connectivity index (χ0n) is 19.8. The lowest BCUT2D eigenvalue weighted by Gasteiger charge is -2.19. The number of rotatable bonds is 3. The van der Waals surface area contributed by atoms with Gasteiger partial charge in [0.2, 0.25) is 0 Å². The number of pyridine rings is 2. The van der Waals surface area contributed by atoms with Crippen molar-refractivity contribution in [2.24, 2.45) is 0 Å². The first-order chi connectivity index (χ1) is 16.3. The molecule has 174 valence electrons. The van der Waals surface area contributed by atoms with Crippen molar-refractivity contribution in [3.8, 4) is 11.3 Å². The summed E-state index contributed by atoms with van der Waals surface area (Å²) in [6.45, 7) is 3.85. The molecule has 1 unspecified atom stereocenters. The summed E-state index contributed by atoms with van der Waals surface area (Å²) in [7, 11) is 3.80. The normalized spacial score (nSPS) is 14.4. The molecule has 4 nitrogen and oxygen atoms in total. The molecule has 0 N–H and O–H groups in total. The predicted molar refractivity (Wildman–Crippen MR) is 143 cm³/mol. The molecule has 0 amide bonds. The molecule has 2 aromatic carbocycles. The molecular weight excluding hydrogens is 465 g/mol. The molecule has 1 aliphatic rings. The molecule has 2 heterocycles. The molecule has 0 radical (unpaired) electrons. The standard InChI is InChI=1S/C18H15Cl2N3O.C10H12/c1-10(24)15-9-22-17-14(18(15)23(2)3)4-5-21-16(17)11-6-12(19)8-13(20)7-11;1-8-6-7-9-4-2-3-5-10(8)9/h4-9H,1-3H3;2-5,8H,6-7H2,1H3. The molecule has 4 aromatic rings. The van der Waals surface area contributed by atoms with Crippen LogP contribution in [0.5, 0.6) is 0 Å². The summed E-state index contributed by atoms with van der Waals surface area (Å²) < 4.78 is 0. The third-order valence-electron chi connectivity index (χ3n) is 6.15. The Labute approximate surface area is 210 Å². The minimum atomic E-state index is -0.0303. The zero-order valence-corrected chi connectivity index (χ0v) is 21.3. The molecular formula is C28H27Cl2N3O. The van der Waals surface area contributed by atoms with E-state index in [4.69, 9.17) is 23.2 Å². The maximum atomic E-state index is 11.9. The number of fused-ring (bicyclic) bond motifs is 2. The Bertz CT molecular complexity index is 1350. The van der Waals surface area contributed by atoms with Crippen LogP contribution in [-0.2, 0) is 6.42 Å². The summed E-state index contributed by atoms with van der Waals surface area (Å²) in [6, 6.07) is 15.9. The van der Waals surface area contributed by atoms with Gasteiger partial charge in [0.05, 0.1) is 22.5 Å². The topological polar surface area (TPSA) is 46.1 Å². The second kappa shape index (κ2) is 10.1. The van der Waals surface area contributed by atoms with Gasteiger partial charge in [0.1, 0.15) is 0 Å². The fourth-order valence-electron chi connectivity index (χ4n) is 4.52. The number of halogens is 2. The van der Waals surface area contributed by atoms with E-state index in [1.165, 1.54) is 19.8 Å². The van der Waals surface area contributed by atoms with Gasteiger partial charge in [0.15, 0.2) is 5.78 Å². The number of carbonyl (C=O) groups is 1. The molecule has 5 rings (SSSR count). The van der Waals surface area contributed by atoms with E-state index in [9.17, 15) is 4.79 Å². The second-order valence-corrected chi connectivity index (χ2v) is 9.70. The van der Waals surface area contributed by atoms with Crippen LogP contribution in [0.4, 0.5) is 5.69 Å². The average molecular weight is 492 g/mol. The van der Waals surface area contributed by atoms with Crippen molar-refractivity contribution in [3.63, 3.8) is 0 Å². The van der Waals surface area contributed by atoms with E-state index >= 15 is 0 Å². The number of anilines is 1. The number of aromatic nitrogens is 2. The molecule has 0 saturated carbocycles. The number of nitrogens with zero attached hydrogens (tertiary/aromatic N) is 3. The Morgan fingerprint density at radius 1 is 1.03 bits per heavy atom. The number of hydrogen-bond donors (Lipinski definition) is 0. The monoisotopic (exact) mass is 491 g/mol. The van der Waals surface area contributed by atoms with Crippen molar-refractivity contribution < 1.29 is 4.79 Å². The van der Waals surface area contributed by atoms with Crippen molar-refractivity contribution >= 4 is 45.6 Å². The lowest BCUT2D eigenvalue weighted by atomic mass is 10.0. The highest BCUT2D eigenvalue weighted by Crippen LogP contribution is 2.35. The number of Topliss-reactive ketones (excluding diaryl/α,β-unsaturated/α-hetero) is 1. The van der Waals surface area contributed by atoms with Gasteiger partial charge in [-0.25, -0.2) is 0 Å². The minimum Gasteiger partial charge on any atom is -0.376 e. The van der Waals surface area contributed by atoms with E-state index < -0.39 is 0 Å². The van der Waals surface area contributed by atoms with Crippen LogP contribution in [0.1, 0.15) is 47.7 Å². The van der Waals surface area contributed by atoms with Gasteiger partial charge in [-0.3, -0.25) is 14.8 Å². The summed E-state index contributed by atoms with van der Waals surface area (Å²) in [4.78, 5) is 22.8. The Morgan fingerprint density at radius 2 is 1.74 bits per heavy atom. The van der Waals surface area contributed by atoms with Gasteiger partial charge in [-0.2, -0.15) is 0 Å². The molecule has 2 aromatic heterocycles. The Balaban J connectivity index is 0.000000226. The fraction of sp³-hybridized carbons (Fsp3) is 0.250. The average Bonchev–Trinajstić information content (AvgIpc) is 3.18. The van der Waals surface area contributed by atoms with Crippen LogP contribution in [-0.4, -0.2) is 29.8 Å². The molecule has 0 bridgehead atoms. The van der Waals surface area contributed by atoms with E-state index in [0.717, 1.165) is 22.6 Å². The van der Waals surface area contributed by atoms with Crippen LogP contribution in [0.3, 0.4) is 0 Å². The minimum absolute atomic E-state index is 0.0303. The highest BCUT2D eigenvalue weighted by atomic mass is 35.5. The van der Waals surface area contributed by atoms with E-state index in [1.807, 2.05) is 25.1 Å². The number of aryl methyl sites for hydroxylation is 1. The van der Waals surface area contributed by atoms with E-state index in [0.29, 0.717) is 26.8 Å². The van der Waals surface area contributed by atoms with Gasteiger partial charge in [-0.15, -0.1) is 0 Å². The Kier molecular flexibility index (Phi) is 7.20. The third-order valence-corrected chi connectivity index (χ3v) is 6.59. The van der Waals surface area contributed by atoms with Gasteiger partial charge in [-0.05, 0) is 61.1 Å². The van der Waals surface area contributed by atoms with Gasteiger partial charge in [-0.1, -0.05) is 54.4 Å². The third kappa shape index (κ3) is 4.94. The van der Waals surface area contributed by atoms with Crippen LogP contribution in [0.2, 0.25) is 10.0 Å². The van der Waals surface area contributed by atoms with Crippen molar-refractivity contribution in [2.45, 2.75) is 32.6 Å². The maximum absolute atomic E-state index is 11.9. The molecule has 6 heteroatoms. The van der Waals surface area contributed by atoms with E-state index in [2.05, 4.69) is 41.2 Å². The van der Waals surface area contributed by atoms with Gasteiger partial charge < -0.3 is 4.90 Å². The van der Waals surface area contributed by atoms with Gasteiger partial charge in [0.25, 0.3) is 0 Å². The van der Waals surface area contributed by atoms with Crippen LogP contribution in [0.25, 0.3) is 22.2 Å². The summed E-state index contributed by atoms with van der Waals surface area (Å²) >= 11 is 12.2. The smallest absolute Gasteiger partial charge is 0.163 e. The van der Waals surface area contributed by atoms with Gasteiger partial charge >= 0.3 is 0 Å². The van der Waals surface area contributed by atoms with Crippen LogP contribution < -0.4 is 4.90 Å². The fourth-order valence-corrected chi connectivity index (χ4v) is 5.05. The number of hydrogen-bond acceptors (Lipinski definition) is 4. The number of carbonyl (C=O) groups excluding carboxylic acids is 1. The predicted octanol–water partition coefficient (Wildman–Crippen LogP) is 7.61. The van der Waals surface area contributed by atoms with Crippen LogP contribution >= 0.6 is 23.2 Å². The summed E-state index contributed by atoms with van der Waals surface area (Å²) in [6.07, 6.45) is 5.93. The molecule has 0 saturated heterocycles. The largest absolute Gasteiger partial charge is 0.376 e. The first kappa shape index (κ1) is 24.2. The van der Waals surface area contributed by atoms with Crippen molar-refractivity contribution in [3.05, 3.63) is 87.7 Å². The second-order valence-electron chi connectivity index (χ2n) is 8.82. The van der Waals surface area contributed by atoms with Gasteiger partial charge in [0, 0.05) is 47.5 Å². The molecule has 0 fully saturated rings. The summed E-state index contributed by atoms with van der Waals surface area (Å²) in [5, 5.41) is 1.92. The quantitative estimate of drug-likeness (QED) is 0.276. The molecule has 34 heavy (non-hydrogen) atoms. The van der Waals surface area contributed by atoms with Crippen molar-refractivity contribution in [1.29, 1.82) is 0 Å². The number of benzene rings is 2. The zero-order chi connectivity index (χ0) is 24.4. The molecule has 0 spiro atoms. The lowest BCUT2D eigenvalue weighted by Crippen LogP contribution is -2.14. The van der Waals surface area contributed by atoms with Crippen LogP contribution in [0, 0.1) is 0 Å². The van der Waals surface area contributed by atoms with Crippen molar-refractivity contribution in [2.75, 3.05) is 19.0 Å². The Morgan fingerprint density at radius 3 is 2.38 bits per heavy atom. The number of ketones is 1. The Hall–Kier alpha value is -2.95. The SMILES string of the molecule is CC(=O)c1cnc2c(-c3cc(Cl)cc(Cl)c3)nccc2c1N(C)C.CC1CCc2ccccc21. The van der Waals surface area contributed by atoms with E-state index in [-0.39, 0.29) is 5.78 Å². The maximum Gasteiger partial charge on any atom is 0.163 e. The van der Waals surface area contributed by atoms with E-state index in [1.54, 1.807) is 41.7 Å². The first-order valence-corrected chi connectivity index (χ1v) is 12.0. The highest BCUT2D eigenvalue weighted by molar-refractivity contribution is 6.35. The first-order valence-electron chi connectivity index (χ1n) is 11.3. The molecule has 1 aliphatic carbocycles.